The van der Waals surface area contributed by atoms with E-state index in [-0.39, 0.29) is 12.3 Å². The lowest BCUT2D eigenvalue weighted by molar-refractivity contribution is -0.146. The van der Waals surface area contributed by atoms with E-state index in [9.17, 15) is 23.6 Å². The molecular formula is C24H19ClFN3O6. The van der Waals surface area contributed by atoms with Gasteiger partial charge in [0.05, 0.1) is 25.2 Å². The third-order valence-corrected chi connectivity index (χ3v) is 5.74. The van der Waals surface area contributed by atoms with Crippen molar-refractivity contribution in [1.29, 1.82) is 0 Å². The van der Waals surface area contributed by atoms with Crippen LogP contribution in [0.5, 0.6) is 5.75 Å². The first-order chi connectivity index (χ1) is 16.7. The predicted molar refractivity (Wildman–Crippen MR) is 125 cm³/mol. The number of aromatic amines is 1. The number of H-pyrrole nitrogens is 1. The Hall–Kier alpha value is -4.18. The lowest BCUT2D eigenvalue weighted by atomic mass is 10.1. The Morgan fingerprint density at radius 1 is 1.11 bits per heavy atom. The summed E-state index contributed by atoms with van der Waals surface area (Å²) in [5.74, 6) is -1.71. The number of benzene rings is 2. The fourth-order valence-corrected chi connectivity index (χ4v) is 3.84. The SMILES string of the molecule is COc1ccc2c(c1)c(CC(=O)OCn1cc(F)c(=O)[nH]c1=O)c(C)n2C(=O)c1ccc(Cl)cc1. The quantitative estimate of drug-likeness (QED) is 0.408. The number of aromatic nitrogens is 3. The molecule has 0 aliphatic carbocycles. The molecule has 0 saturated heterocycles. The third kappa shape index (κ3) is 4.73. The maximum absolute atomic E-state index is 13.5. The van der Waals surface area contributed by atoms with Gasteiger partial charge in [0.25, 0.3) is 11.5 Å². The summed E-state index contributed by atoms with van der Waals surface area (Å²) in [6.07, 6.45) is 0.415. The van der Waals surface area contributed by atoms with Gasteiger partial charge in [0.15, 0.2) is 6.73 Å². The van der Waals surface area contributed by atoms with E-state index >= 15 is 0 Å². The Kier molecular flexibility index (Phi) is 6.57. The average molecular weight is 500 g/mol. The van der Waals surface area contributed by atoms with Crippen LogP contribution in [0.2, 0.25) is 5.02 Å². The van der Waals surface area contributed by atoms with E-state index in [0.29, 0.717) is 44.7 Å². The molecular weight excluding hydrogens is 481 g/mol. The van der Waals surface area contributed by atoms with Crippen LogP contribution in [0.3, 0.4) is 0 Å². The first kappa shape index (κ1) is 24.0. The number of nitrogens with zero attached hydrogens (tertiary/aromatic N) is 2. The van der Waals surface area contributed by atoms with E-state index in [0.717, 1.165) is 4.57 Å². The highest BCUT2D eigenvalue weighted by Gasteiger charge is 2.22. The molecule has 4 rings (SSSR count). The molecule has 11 heteroatoms. The molecule has 2 aromatic carbocycles. The molecule has 0 unspecified atom stereocenters. The number of esters is 1. The standard InChI is InChI=1S/C24H19ClFN3O6/c1-13-17(10-21(30)35-12-28-11-19(26)22(31)27-24(28)33)18-9-16(34-2)7-8-20(18)29(13)23(32)14-3-5-15(25)6-4-14/h3-9,11H,10,12H2,1-2H3,(H,27,31,33). The fourth-order valence-electron chi connectivity index (χ4n) is 3.71. The molecule has 1 N–H and O–H groups in total. The third-order valence-electron chi connectivity index (χ3n) is 5.49. The molecule has 0 fully saturated rings. The van der Waals surface area contributed by atoms with Crippen molar-refractivity contribution in [1.82, 2.24) is 14.1 Å². The van der Waals surface area contributed by atoms with Gasteiger partial charge < -0.3 is 9.47 Å². The van der Waals surface area contributed by atoms with Crippen molar-refractivity contribution in [2.45, 2.75) is 20.1 Å². The number of carbonyl (C=O) groups is 2. The molecule has 0 bridgehead atoms. The summed E-state index contributed by atoms with van der Waals surface area (Å²) >= 11 is 5.94. The van der Waals surface area contributed by atoms with Crippen LogP contribution >= 0.6 is 11.6 Å². The van der Waals surface area contributed by atoms with Crippen molar-refractivity contribution in [2.75, 3.05) is 7.11 Å². The average Bonchev–Trinajstić information content (AvgIpc) is 3.10. The zero-order chi connectivity index (χ0) is 25.3. The maximum atomic E-state index is 13.5. The van der Waals surface area contributed by atoms with Gasteiger partial charge in [0, 0.05) is 21.7 Å². The largest absolute Gasteiger partial charge is 0.497 e. The van der Waals surface area contributed by atoms with Crippen molar-refractivity contribution in [3.63, 3.8) is 0 Å². The van der Waals surface area contributed by atoms with Gasteiger partial charge in [0.1, 0.15) is 5.75 Å². The molecule has 0 aliphatic rings. The van der Waals surface area contributed by atoms with Gasteiger partial charge in [-0.05, 0) is 55.0 Å². The van der Waals surface area contributed by atoms with Crippen LogP contribution in [-0.4, -0.2) is 33.1 Å². The Morgan fingerprint density at radius 3 is 2.51 bits per heavy atom. The van der Waals surface area contributed by atoms with Gasteiger partial charge in [-0.25, -0.2) is 4.79 Å². The van der Waals surface area contributed by atoms with Crippen molar-refractivity contribution >= 4 is 34.4 Å². The van der Waals surface area contributed by atoms with E-state index in [1.807, 2.05) is 0 Å². The number of hydrogen-bond donors (Lipinski definition) is 1. The first-order valence-corrected chi connectivity index (χ1v) is 10.7. The van der Waals surface area contributed by atoms with Crippen molar-refractivity contribution in [3.8, 4) is 5.75 Å². The van der Waals surface area contributed by atoms with E-state index in [4.69, 9.17) is 21.1 Å². The van der Waals surface area contributed by atoms with Gasteiger partial charge in [0.2, 0.25) is 5.82 Å². The van der Waals surface area contributed by atoms with Crippen LogP contribution in [0.4, 0.5) is 4.39 Å². The van der Waals surface area contributed by atoms with Crippen LogP contribution < -0.4 is 16.0 Å². The molecule has 0 spiro atoms. The molecule has 0 amide bonds. The highest BCUT2D eigenvalue weighted by Crippen LogP contribution is 2.31. The van der Waals surface area contributed by atoms with Crippen molar-refractivity contribution in [2.24, 2.45) is 0 Å². The Morgan fingerprint density at radius 2 is 1.83 bits per heavy atom. The second kappa shape index (κ2) is 9.59. The number of nitrogens with one attached hydrogen (secondary N) is 1. The predicted octanol–water partition coefficient (Wildman–Crippen LogP) is 3.03. The Labute approximate surface area is 202 Å². The maximum Gasteiger partial charge on any atom is 0.331 e. The second-order valence-corrected chi connectivity index (χ2v) is 8.06. The van der Waals surface area contributed by atoms with E-state index in [1.54, 1.807) is 54.4 Å². The molecule has 9 nitrogen and oxygen atoms in total. The minimum absolute atomic E-state index is 0.239. The number of fused-ring (bicyclic) bond motifs is 1. The molecule has 35 heavy (non-hydrogen) atoms. The molecule has 0 aliphatic heterocycles. The zero-order valence-electron chi connectivity index (χ0n) is 18.6. The number of rotatable bonds is 6. The smallest absolute Gasteiger partial charge is 0.331 e. The first-order valence-electron chi connectivity index (χ1n) is 10.3. The summed E-state index contributed by atoms with van der Waals surface area (Å²) in [6.45, 7) is 1.10. The zero-order valence-corrected chi connectivity index (χ0v) is 19.4. The van der Waals surface area contributed by atoms with Crippen LogP contribution in [0, 0.1) is 12.7 Å². The minimum Gasteiger partial charge on any atom is -0.497 e. The van der Waals surface area contributed by atoms with Gasteiger partial charge in [-0.3, -0.25) is 28.5 Å². The highest BCUT2D eigenvalue weighted by atomic mass is 35.5. The van der Waals surface area contributed by atoms with E-state index in [1.165, 1.54) is 11.7 Å². The summed E-state index contributed by atoms with van der Waals surface area (Å²) in [4.78, 5) is 50.7. The van der Waals surface area contributed by atoms with Gasteiger partial charge in [-0.1, -0.05) is 11.6 Å². The van der Waals surface area contributed by atoms with Crippen LogP contribution in [0.1, 0.15) is 21.6 Å². The second-order valence-electron chi connectivity index (χ2n) is 7.62. The Bertz CT molecular complexity index is 1570. The summed E-state index contributed by atoms with van der Waals surface area (Å²) in [5.41, 5.74) is -0.0944. The monoisotopic (exact) mass is 499 g/mol. The molecule has 0 atom stereocenters. The van der Waals surface area contributed by atoms with Crippen molar-refractivity contribution in [3.05, 3.63) is 97.2 Å². The molecule has 2 heterocycles. The number of halogens is 2. The molecule has 2 aromatic heterocycles. The van der Waals surface area contributed by atoms with E-state index < -0.39 is 29.8 Å². The fraction of sp³-hybridized carbons (Fsp3) is 0.167. The number of carbonyl (C=O) groups excluding carboxylic acids is 2. The molecule has 180 valence electrons. The molecule has 0 radical (unpaired) electrons. The number of methoxy groups -OCH3 is 1. The van der Waals surface area contributed by atoms with Gasteiger partial charge in [-0.15, -0.1) is 0 Å². The summed E-state index contributed by atoms with van der Waals surface area (Å²) < 4.78 is 26.1. The summed E-state index contributed by atoms with van der Waals surface area (Å²) in [5, 5.41) is 1.10. The Balaban J connectivity index is 1.68. The highest BCUT2D eigenvalue weighted by molar-refractivity contribution is 6.30. The molecule has 0 saturated carbocycles. The van der Waals surface area contributed by atoms with Gasteiger partial charge >= 0.3 is 11.7 Å². The summed E-state index contributed by atoms with van der Waals surface area (Å²) in [6, 6.07) is 11.6. The van der Waals surface area contributed by atoms with Crippen LogP contribution in [0.15, 0.2) is 58.3 Å². The number of ether oxygens (including phenoxy) is 2. The van der Waals surface area contributed by atoms with Crippen molar-refractivity contribution < 1.29 is 23.5 Å². The number of hydrogen-bond acceptors (Lipinski definition) is 6. The normalized spacial score (nSPS) is 11.0. The lowest BCUT2D eigenvalue weighted by Crippen LogP contribution is -2.32. The topological polar surface area (TPSA) is 112 Å². The summed E-state index contributed by atoms with van der Waals surface area (Å²) in [7, 11) is 1.50. The molecule has 4 aromatic rings. The van der Waals surface area contributed by atoms with Crippen LogP contribution in [-0.2, 0) is 22.7 Å². The van der Waals surface area contributed by atoms with E-state index in [2.05, 4.69) is 0 Å². The minimum atomic E-state index is -1.19. The lowest BCUT2D eigenvalue weighted by Gasteiger charge is -2.09. The van der Waals surface area contributed by atoms with Gasteiger partial charge in [-0.2, -0.15) is 4.39 Å². The van der Waals surface area contributed by atoms with Crippen LogP contribution in [0.25, 0.3) is 10.9 Å².